The zero-order valence-electron chi connectivity index (χ0n) is 12.5. The lowest BCUT2D eigenvalue weighted by molar-refractivity contribution is -0.120. The van der Waals surface area contributed by atoms with E-state index in [2.05, 4.69) is 10.4 Å². The number of carbonyl (C=O) groups is 1. The van der Waals surface area contributed by atoms with Crippen molar-refractivity contribution in [2.75, 3.05) is 11.9 Å². The van der Waals surface area contributed by atoms with E-state index in [1.165, 1.54) is 25.7 Å². The van der Waals surface area contributed by atoms with Crippen molar-refractivity contribution < 1.29 is 4.79 Å². The normalized spacial score (nSPS) is 27.2. The number of amides is 1. The van der Waals surface area contributed by atoms with Gasteiger partial charge in [0, 0.05) is 26.3 Å². The lowest BCUT2D eigenvalue weighted by atomic mass is 9.85. The van der Waals surface area contributed by atoms with Gasteiger partial charge in [-0.2, -0.15) is 5.10 Å². The number of aryl methyl sites for hydroxylation is 1. The maximum absolute atomic E-state index is 12.5. The lowest BCUT2D eigenvalue weighted by Gasteiger charge is -2.24. The summed E-state index contributed by atoms with van der Waals surface area (Å²) >= 11 is 0. The van der Waals surface area contributed by atoms with Crippen molar-refractivity contribution >= 4 is 36.4 Å². The number of hydrogen-bond donors (Lipinski definition) is 1. The molecule has 5 nitrogen and oxygen atoms in total. The maximum Gasteiger partial charge on any atom is 0.243 e. The van der Waals surface area contributed by atoms with E-state index in [1.54, 1.807) is 15.8 Å². The predicted molar refractivity (Wildman–Crippen MR) is 88.4 cm³/mol. The van der Waals surface area contributed by atoms with Gasteiger partial charge in [-0.1, -0.05) is 12.8 Å². The maximum atomic E-state index is 12.5. The number of anilines is 1. The van der Waals surface area contributed by atoms with Gasteiger partial charge in [-0.3, -0.25) is 9.48 Å². The molecule has 1 saturated carbocycles. The summed E-state index contributed by atoms with van der Waals surface area (Å²) in [4.78, 5) is 14.2. The van der Waals surface area contributed by atoms with E-state index in [1.807, 2.05) is 20.3 Å². The Labute approximate surface area is 138 Å². The number of fused-ring (bicyclic) bond motifs is 1. The minimum atomic E-state index is -0.0155. The van der Waals surface area contributed by atoms with Crippen molar-refractivity contribution in [3.05, 3.63) is 12.4 Å². The van der Waals surface area contributed by atoms with Crippen molar-refractivity contribution in [3.63, 3.8) is 0 Å². The molecule has 0 aromatic carbocycles. The monoisotopic (exact) mass is 334 g/mol. The van der Waals surface area contributed by atoms with Gasteiger partial charge < -0.3 is 10.2 Å². The van der Waals surface area contributed by atoms with Gasteiger partial charge in [0.1, 0.15) is 0 Å². The van der Waals surface area contributed by atoms with Crippen molar-refractivity contribution in [2.45, 2.75) is 44.2 Å². The molecule has 1 aromatic rings. The molecule has 120 valence electrons. The number of nitrogens with zero attached hydrogens (tertiary/aromatic N) is 3. The number of carbonyl (C=O) groups excluding carboxylic acids is 1. The molecule has 2 heterocycles. The Morgan fingerprint density at radius 3 is 2.71 bits per heavy atom. The molecular formula is C14H24Cl2N4O. The number of hydrogen-bond acceptors (Lipinski definition) is 3. The van der Waals surface area contributed by atoms with Crippen LogP contribution in [0.3, 0.4) is 0 Å². The summed E-state index contributed by atoms with van der Waals surface area (Å²) in [5.41, 5.74) is 0.865. The first-order valence-electron chi connectivity index (χ1n) is 7.17. The minimum absolute atomic E-state index is 0. The number of rotatable bonds is 2. The molecule has 21 heavy (non-hydrogen) atoms. The van der Waals surface area contributed by atoms with E-state index in [0.717, 1.165) is 12.1 Å². The third-order valence-corrected chi connectivity index (χ3v) is 4.57. The molecule has 1 saturated heterocycles. The number of likely N-dealkylation sites (N-methyl/N-ethyl adjacent to an activating group) is 1. The Morgan fingerprint density at radius 1 is 1.38 bits per heavy atom. The van der Waals surface area contributed by atoms with E-state index in [-0.39, 0.29) is 36.8 Å². The first-order valence-corrected chi connectivity index (χ1v) is 7.17. The molecule has 3 atom stereocenters. The van der Waals surface area contributed by atoms with E-state index >= 15 is 0 Å². The van der Waals surface area contributed by atoms with Crippen molar-refractivity contribution in [2.24, 2.45) is 13.0 Å². The second kappa shape index (κ2) is 7.47. The highest BCUT2D eigenvalue weighted by atomic mass is 35.5. The van der Waals surface area contributed by atoms with Crippen LogP contribution in [-0.2, 0) is 11.8 Å². The molecule has 3 unspecified atom stereocenters. The summed E-state index contributed by atoms with van der Waals surface area (Å²) in [5.74, 6) is 0.868. The Hall–Kier alpha value is -0.780. The molecule has 1 aliphatic carbocycles. The molecule has 1 aromatic heterocycles. The SMILES string of the molecule is CN(C(=O)C1CC2CCCCC2N1)c1cnn(C)c1.Cl.Cl. The van der Waals surface area contributed by atoms with Crippen LogP contribution in [0, 0.1) is 5.92 Å². The smallest absolute Gasteiger partial charge is 0.243 e. The van der Waals surface area contributed by atoms with Crippen molar-refractivity contribution in [1.82, 2.24) is 15.1 Å². The van der Waals surface area contributed by atoms with Crippen molar-refractivity contribution in [1.29, 1.82) is 0 Å². The zero-order chi connectivity index (χ0) is 13.4. The highest BCUT2D eigenvalue weighted by Gasteiger charge is 2.39. The summed E-state index contributed by atoms with van der Waals surface area (Å²) in [7, 11) is 3.70. The largest absolute Gasteiger partial charge is 0.311 e. The average molecular weight is 335 g/mol. The number of nitrogens with one attached hydrogen (secondary N) is 1. The number of halogens is 2. The molecule has 0 spiro atoms. The Morgan fingerprint density at radius 2 is 2.10 bits per heavy atom. The van der Waals surface area contributed by atoms with Crippen LogP contribution in [0.25, 0.3) is 0 Å². The average Bonchev–Trinajstić information content (AvgIpc) is 3.02. The topological polar surface area (TPSA) is 50.2 Å². The molecule has 7 heteroatoms. The van der Waals surface area contributed by atoms with E-state index in [9.17, 15) is 4.79 Å². The van der Waals surface area contributed by atoms with Gasteiger partial charge in [0.25, 0.3) is 0 Å². The van der Waals surface area contributed by atoms with Gasteiger partial charge in [-0.05, 0) is 25.2 Å². The van der Waals surface area contributed by atoms with Crippen LogP contribution in [0.2, 0.25) is 0 Å². The van der Waals surface area contributed by atoms with Gasteiger partial charge in [-0.15, -0.1) is 24.8 Å². The van der Waals surface area contributed by atoms with Crippen LogP contribution in [0.1, 0.15) is 32.1 Å². The van der Waals surface area contributed by atoms with Crippen LogP contribution in [0.15, 0.2) is 12.4 Å². The quantitative estimate of drug-likeness (QED) is 0.901. The summed E-state index contributed by atoms with van der Waals surface area (Å²) in [5, 5.41) is 7.65. The molecule has 3 rings (SSSR count). The summed E-state index contributed by atoms with van der Waals surface area (Å²) in [6.07, 6.45) is 9.73. The van der Waals surface area contributed by atoms with Gasteiger partial charge in [-0.25, -0.2) is 0 Å². The molecule has 1 amide bonds. The standard InChI is InChI=1S/C14H22N4O.2ClH/c1-17-9-11(8-15-17)18(2)14(19)13-7-10-5-3-4-6-12(10)16-13;;/h8-10,12-13,16H,3-7H2,1-2H3;2*1H. The lowest BCUT2D eigenvalue weighted by Crippen LogP contribution is -2.44. The summed E-state index contributed by atoms with van der Waals surface area (Å²) in [6.45, 7) is 0. The fourth-order valence-electron chi connectivity index (χ4n) is 3.45. The van der Waals surface area contributed by atoms with Crippen LogP contribution < -0.4 is 10.2 Å². The first-order chi connectivity index (χ1) is 9.15. The molecule has 1 aliphatic heterocycles. The highest BCUT2D eigenvalue weighted by molar-refractivity contribution is 5.96. The Bertz CT molecular complexity index is 465. The molecule has 2 aliphatic rings. The van der Waals surface area contributed by atoms with Gasteiger partial charge in [0.05, 0.1) is 17.9 Å². The summed E-state index contributed by atoms with van der Waals surface area (Å²) < 4.78 is 1.72. The second-order valence-electron chi connectivity index (χ2n) is 5.88. The fourth-order valence-corrected chi connectivity index (χ4v) is 3.45. The van der Waals surface area contributed by atoms with Crippen LogP contribution in [0.5, 0.6) is 0 Å². The van der Waals surface area contributed by atoms with Crippen LogP contribution in [0.4, 0.5) is 5.69 Å². The minimum Gasteiger partial charge on any atom is -0.311 e. The Balaban J connectivity index is 0.00000110. The molecule has 1 N–H and O–H groups in total. The third-order valence-electron chi connectivity index (χ3n) is 4.57. The first kappa shape index (κ1) is 18.3. The third kappa shape index (κ3) is 3.71. The second-order valence-corrected chi connectivity index (χ2v) is 5.88. The predicted octanol–water partition coefficient (Wildman–Crippen LogP) is 2.15. The zero-order valence-corrected chi connectivity index (χ0v) is 14.1. The van der Waals surface area contributed by atoms with E-state index in [4.69, 9.17) is 0 Å². The van der Waals surface area contributed by atoms with Gasteiger partial charge >= 0.3 is 0 Å². The van der Waals surface area contributed by atoms with Crippen LogP contribution in [-0.4, -0.2) is 34.8 Å². The fraction of sp³-hybridized carbons (Fsp3) is 0.714. The molecule has 0 bridgehead atoms. The molecule has 2 fully saturated rings. The van der Waals surface area contributed by atoms with Crippen LogP contribution >= 0.6 is 24.8 Å². The number of aromatic nitrogens is 2. The van der Waals surface area contributed by atoms with E-state index in [0.29, 0.717) is 12.0 Å². The Kier molecular flexibility index (Phi) is 6.50. The highest BCUT2D eigenvalue weighted by Crippen LogP contribution is 2.33. The summed E-state index contributed by atoms with van der Waals surface area (Å²) in [6, 6.07) is 0.545. The molecule has 0 radical (unpaired) electrons. The van der Waals surface area contributed by atoms with Crippen molar-refractivity contribution in [3.8, 4) is 0 Å². The van der Waals surface area contributed by atoms with Gasteiger partial charge in [0.15, 0.2) is 0 Å². The van der Waals surface area contributed by atoms with E-state index < -0.39 is 0 Å². The molecular weight excluding hydrogens is 311 g/mol. The van der Waals surface area contributed by atoms with Gasteiger partial charge in [0.2, 0.25) is 5.91 Å².